The van der Waals surface area contributed by atoms with Crippen LogP contribution in [0.3, 0.4) is 0 Å². The Hall–Kier alpha value is -4.38. The van der Waals surface area contributed by atoms with E-state index >= 15 is 4.39 Å². The van der Waals surface area contributed by atoms with Gasteiger partial charge in [-0.3, -0.25) is 19.5 Å². The van der Waals surface area contributed by atoms with Gasteiger partial charge < -0.3 is 19.9 Å². The minimum Gasteiger partial charge on any atom is -0.493 e. The topological polar surface area (TPSA) is 104 Å². The number of hydrogen-bond acceptors (Lipinski definition) is 7. The second kappa shape index (κ2) is 14.2. The van der Waals surface area contributed by atoms with E-state index in [2.05, 4.69) is 17.6 Å². The molecule has 0 radical (unpaired) electrons. The van der Waals surface area contributed by atoms with Crippen molar-refractivity contribution in [3.63, 3.8) is 0 Å². The van der Waals surface area contributed by atoms with E-state index in [0.29, 0.717) is 34.8 Å². The average molecular weight is 636 g/mol. The molecule has 8 nitrogen and oxygen atoms in total. The number of fused-ring (bicyclic) bond motifs is 1. The molecule has 1 fully saturated rings. The smallest absolute Gasteiger partial charge is 0.247 e. The van der Waals surface area contributed by atoms with Crippen LogP contribution in [0.25, 0.3) is 10.9 Å². The Morgan fingerprint density at radius 2 is 1.60 bits per heavy atom. The fourth-order valence-electron chi connectivity index (χ4n) is 5.12. The number of pyridine rings is 1. The van der Waals surface area contributed by atoms with E-state index in [4.69, 9.17) is 19.9 Å². The molecule has 1 aromatic heterocycles. The molecule has 1 saturated carbocycles. The van der Waals surface area contributed by atoms with Gasteiger partial charge in [0.05, 0.1) is 24.9 Å². The summed E-state index contributed by atoms with van der Waals surface area (Å²) in [5.74, 6) is -0.461. The number of halogens is 2. The van der Waals surface area contributed by atoms with Crippen molar-refractivity contribution >= 4 is 46.7 Å². The van der Waals surface area contributed by atoms with Gasteiger partial charge in [-0.05, 0) is 80.0 Å². The molecule has 45 heavy (non-hydrogen) atoms. The summed E-state index contributed by atoms with van der Waals surface area (Å²) in [6, 6.07) is 14.2. The van der Waals surface area contributed by atoms with Crippen LogP contribution in [0.1, 0.15) is 44.9 Å². The first-order chi connectivity index (χ1) is 21.8. The molecular formula is C34H35F2N3O5S. The summed E-state index contributed by atoms with van der Waals surface area (Å²) >= 11 is 4.24. The van der Waals surface area contributed by atoms with E-state index in [1.54, 1.807) is 31.5 Å². The van der Waals surface area contributed by atoms with Crippen LogP contribution in [0.2, 0.25) is 0 Å². The summed E-state index contributed by atoms with van der Waals surface area (Å²) < 4.78 is 46.9. The lowest BCUT2D eigenvalue weighted by molar-refractivity contribution is -0.133. The van der Waals surface area contributed by atoms with Crippen LogP contribution < -0.4 is 24.8 Å². The zero-order valence-corrected chi connectivity index (χ0v) is 25.8. The van der Waals surface area contributed by atoms with E-state index in [1.807, 2.05) is 0 Å². The Kier molecular flexibility index (Phi) is 10.1. The van der Waals surface area contributed by atoms with Gasteiger partial charge in [0.1, 0.15) is 17.0 Å². The van der Waals surface area contributed by atoms with Crippen LogP contribution in [0, 0.1) is 17.0 Å². The van der Waals surface area contributed by atoms with Crippen molar-refractivity contribution in [2.45, 2.75) is 44.9 Å². The number of carbonyl (C=O) groups excluding carboxylic acids is 2. The second-order valence-electron chi connectivity index (χ2n) is 10.9. The number of aromatic nitrogens is 1. The first-order valence-electron chi connectivity index (χ1n) is 14.9. The third kappa shape index (κ3) is 7.14. The molecule has 1 heterocycles. The minimum atomic E-state index is -1.39. The number of carbonyl (C=O) groups is 2. The molecule has 1 aliphatic rings. The van der Waals surface area contributed by atoms with Crippen molar-refractivity contribution in [2.75, 3.05) is 24.4 Å². The van der Waals surface area contributed by atoms with Crippen LogP contribution in [-0.4, -0.2) is 36.3 Å². The Morgan fingerprint density at radius 3 is 2.27 bits per heavy atom. The van der Waals surface area contributed by atoms with Crippen LogP contribution >= 0.6 is 12.6 Å². The number of benzene rings is 3. The van der Waals surface area contributed by atoms with Gasteiger partial charge in [-0.25, -0.2) is 8.78 Å². The molecule has 5 rings (SSSR count). The third-order valence-electron chi connectivity index (χ3n) is 7.86. The van der Waals surface area contributed by atoms with Crippen LogP contribution in [0.4, 0.5) is 20.2 Å². The number of rotatable bonds is 15. The fraction of sp³-hybridized carbons (Fsp3) is 0.324. The number of nitrogens with two attached hydrogens (primary N) is 1. The van der Waals surface area contributed by atoms with Crippen molar-refractivity contribution in [3.05, 3.63) is 78.5 Å². The van der Waals surface area contributed by atoms with Crippen molar-refractivity contribution in [1.29, 1.82) is 0 Å². The van der Waals surface area contributed by atoms with Crippen LogP contribution in [0.15, 0.2) is 66.9 Å². The summed E-state index contributed by atoms with van der Waals surface area (Å²) in [6.07, 6.45) is 7.48. The Bertz CT molecular complexity index is 1680. The number of methoxy groups -OCH3 is 1. The highest BCUT2D eigenvalue weighted by molar-refractivity contribution is 7.80. The summed E-state index contributed by atoms with van der Waals surface area (Å²) in [6.45, 7) is 0.536. The molecule has 1 aliphatic carbocycles. The summed E-state index contributed by atoms with van der Waals surface area (Å²) in [5, 5.41) is 0.581. The summed E-state index contributed by atoms with van der Waals surface area (Å²) in [5.41, 5.74) is 5.14. The molecule has 236 valence electrons. The summed E-state index contributed by atoms with van der Waals surface area (Å²) in [7, 11) is 1.54. The van der Waals surface area contributed by atoms with Gasteiger partial charge in [-0.1, -0.05) is 19.3 Å². The molecule has 0 spiro atoms. The molecule has 0 unspecified atom stereocenters. The summed E-state index contributed by atoms with van der Waals surface area (Å²) in [4.78, 5) is 31.3. The van der Waals surface area contributed by atoms with E-state index in [0.717, 1.165) is 43.9 Å². The quantitative estimate of drug-likeness (QED) is 0.0797. The SMILES string of the molecule is COc1cc2c(Oc3ccc(N(C(=O)C4(C(N)=O)CC4)c4ccc(F)cc4)cc3F)ccnc2cc1OCCCCCCCS. The highest BCUT2D eigenvalue weighted by atomic mass is 32.1. The van der Waals surface area contributed by atoms with Gasteiger partial charge in [0.2, 0.25) is 11.8 Å². The van der Waals surface area contributed by atoms with Crippen LogP contribution in [-0.2, 0) is 9.59 Å². The normalized spacial score (nSPS) is 13.3. The monoisotopic (exact) mass is 635 g/mol. The molecule has 0 saturated heterocycles. The maximum absolute atomic E-state index is 15.6. The minimum absolute atomic E-state index is 0.106. The molecule has 3 aromatic carbocycles. The van der Waals surface area contributed by atoms with Gasteiger partial charge in [-0.2, -0.15) is 12.6 Å². The molecular weight excluding hydrogens is 600 g/mol. The molecule has 2 N–H and O–H groups in total. The van der Waals surface area contributed by atoms with E-state index in [-0.39, 0.29) is 30.0 Å². The standard InChI is InChI=1S/C34H35F2N3O5S/c1-42-30-20-25-27(21-31(30)43-17-5-3-2-4-6-18-45)38-16-13-28(25)44-29-12-11-24(19-26(29)36)39(23-9-7-22(35)8-10-23)33(41)34(14-15-34)32(37)40/h7-13,16,19-21,45H,2-6,14-15,17-18H2,1H3,(H2,37,40). The number of amides is 2. The predicted octanol–water partition coefficient (Wildman–Crippen LogP) is 7.50. The number of anilines is 2. The highest BCUT2D eigenvalue weighted by Gasteiger charge is 2.57. The van der Waals surface area contributed by atoms with Gasteiger partial charge in [0.25, 0.3) is 0 Å². The average Bonchev–Trinajstić information content (AvgIpc) is 3.85. The predicted molar refractivity (Wildman–Crippen MR) is 172 cm³/mol. The lowest BCUT2D eigenvalue weighted by atomic mass is 10.0. The van der Waals surface area contributed by atoms with E-state index in [1.165, 1.54) is 41.3 Å². The van der Waals surface area contributed by atoms with Crippen molar-refractivity contribution in [1.82, 2.24) is 4.98 Å². The van der Waals surface area contributed by atoms with Gasteiger partial charge >= 0.3 is 0 Å². The molecule has 0 atom stereocenters. The Labute approximate surface area is 265 Å². The maximum Gasteiger partial charge on any atom is 0.247 e. The first-order valence-corrected chi connectivity index (χ1v) is 15.5. The number of ether oxygens (including phenoxy) is 3. The lowest BCUT2D eigenvalue weighted by Gasteiger charge is -2.26. The zero-order valence-electron chi connectivity index (χ0n) is 24.9. The maximum atomic E-state index is 15.6. The van der Waals surface area contributed by atoms with E-state index in [9.17, 15) is 14.0 Å². The van der Waals surface area contributed by atoms with Gasteiger partial charge in [-0.15, -0.1) is 0 Å². The second-order valence-corrected chi connectivity index (χ2v) is 11.4. The fourth-order valence-corrected chi connectivity index (χ4v) is 5.35. The number of primary amides is 1. The number of hydrogen-bond donors (Lipinski definition) is 2. The lowest BCUT2D eigenvalue weighted by Crippen LogP contribution is -2.41. The van der Waals surface area contributed by atoms with Gasteiger partial charge in [0, 0.05) is 29.4 Å². The van der Waals surface area contributed by atoms with Crippen LogP contribution in [0.5, 0.6) is 23.0 Å². The Morgan fingerprint density at radius 1 is 0.889 bits per heavy atom. The largest absolute Gasteiger partial charge is 0.493 e. The number of thiol groups is 1. The van der Waals surface area contributed by atoms with Crippen molar-refractivity contribution < 1.29 is 32.6 Å². The molecule has 2 amide bonds. The molecule has 0 aliphatic heterocycles. The van der Waals surface area contributed by atoms with Crippen molar-refractivity contribution in [2.24, 2.45) is 11.1 Å². The molecule has 0 bridgehead atoms. The Balaban J connectivity index is 1.38. The zero-order chi connectivity index (χ0) is 32.0. The number of nitrogens with zero attached hydrogens (tertiary/aromatic N) is 2. The number of unbranched alkanes of at least 4 members (excludes halogenated alkanes) is 4. The first kappa shape index (κ1) is 32.0. The highest BCUT2D eigenvalue weighted by Crippen LogP contribution is 2.49. The van der Waals surface area contributed by atoms with Crippen molar-refractivity contribution in [3.8, 4) is 23.0 Å². The third-order valence-corrected chi connectivity index (χ3v) is 8.18. The molecule has 4 aromatic rings. The molecule has 11 heteroatoms. The van der Waals surface area contributed by atoms with E-state index < -0.39 is 28.9 Å². The van der Waals surface area contributed by atoms with Gasteiger partial charge in [0.15, 0.2) is 23.1 Å².